The summed E-state index contributed by atoms with van der Waals surface area (Å²) in [6.07, 6.45) is 3.25. The Bertz CT molecular complexity index is 1170. The standard InChI is InChI=1S/C24H20FN3O2/c1-15-8-9-20(16(2)11-15)21-22(27-19-7-3-6-18(25)12-19)24(30)28(23(21)29)14-17-5-4-10-26-13-17/h3-13,27H,14H2,1-2H3. The number of aryl methyl sites for hydroxylation is 2. The Hall–Kier alpha value is -3.80. The molecule has 0 bridgehead atoms. The minimum atomic E-state index is -0.455. The van der Waals surface area contributed by atoms with Crippen LogP contribution in [0.15, 0.2) is 72.7 Å². The molecule has 2 amide bonds. The average molecular weight is 401 g/mol. The number of aromatic nitrogens is 1. The topological polar surface area (TPSA) is 62.3 Å². The third-order valence-corrected chi connectivity index (χ3v) is 4.98. The highest BCUT2D eigenvalue weighted by atomic mass is 19.1. The van der Waals surface area contributed by atoms with Gasteiger partial charge in [-0.3, -0.25) is 19.5 Å². The van der Waals surface area contributed by atoms with E-state index in [9.17, 15) is 14.0 Å². The zero-order chi connectivity index (χ0) is 21.3. The van der Waals surface area contributed by atoms with Crippen LogP contribution >= 0.6 is 0 Å². The number of benzene rings is 2. The fourth-order valence-electron chi connectivity index (χ4n) is 3.56. The number of imide groups is 1. The van der Waals surface area contributed by atoms with Crippen molar-refractivity contribution in [3.8, 4) is 0 Å². The van der Waals surface area contributed by atoms with Crippen molar-refractivity contribution in [2.75, 3.05) is 5.32 Å². The molecule has 0 spiro atoms. The summed E-state index contributed by atoms with van der Waals surface area (Å²) < 4.78 is 13.7. The normalized spacial score (nSPS) is 13.9. The molecule has 2 heterocycles. The summed E-state index contributed by atoms with van der Waals surface area (Å²) in [6, 6.07) is 15.1. The van der Waals surface area contributed by atoms with Gasteiger partial charge in [0, 0.05) is 18.1 Å². The van der Waals surface area contributed by atoms with Gasteiger partial charge in [-0.15, -0.1) is 0 Å². The summed E-state index contributed by atoms with van der Waals surface area (Å²) in [5, 5.41) is 2.98. The maximum absolute atomic E-state index is 13.7. The second-order valence-electron chi connectivity index (χ2n) is 7.26. The summed E-state index contributed by atoms with van der Waals surface area (Å²) in [5.74, 6) is -1.28. The highest BCUT2D eigenvalue weighted by Gasteiger charge is 2.39. The first-order chi connectivity index (χ1) is 14.4. The molecule has 0 aliphatic carbocycles. The lowest BCUT2D eigenvalue weighted by atomic mass is 9.97. The van der Waals surface area contributed by atoms with Crippen LogP contribution in [-0.2, 0) is 16.1 Å². The van der Waals surface area contributed by atoms with Gasteiger partial charge in [0.05, 0.1) is 12.1 Å². The Kier molecular flexibility index (Phi) is 5.14. The number of halogens is 1. The van der Waals surface area contributed by atoms with Crippen LogP contribution in [0.25, 0.3) is 5.57 Å². The van der Waals surface area contributed by atoms with Gasteiger partial charge in [0.1, 0.15) is 11.5 Å². The Morgan fingerprint density at radius 3 is 2.53 bits per heavy atom. The maximum Gasteiger partial charge on any atom is 0.278 e. The van der Waals surface area contributed by atoms with E-state index in [1.54, 1.807) is 30.6 Å². The minimum absolute atomic E-state index is 0.105. The maximum atomic E-state index is 13.7. The number of nitrogens with zero attached hydrogens (tertiary/aromatic N) is 2. The Morgan fingerprint density at radius 1 is 1.00 bits per heavy atom. The lowest BCUT2D eigenvalue weighted by Crippen LogP contribution is -2.32. The van der Waals surface area contributed by atoms with E-state index in [-0.39, 0.29) is 17.8 Å². The molecule has 0 saturated heterocycles. The summed E-state index contributed by atoms with van der Waals surface area (Å²) in [7, 11) is 0. The van der Waals surface area contributed by atoms with Gasteiger partial charge in [-0.25, -0.2) is 4.39 Å². The molecule has 1 aliphatic heterocycles. The van der Waals surface area contributed by atoms with E-state index < -0.39 is 17.6 Å². The van der Waals surface area contributed by atoms with Crippen LogP contribution in [0.5, 0.6) is 0 Å². The van der Waals surface area contributed by atoms with Crippen molar-refractivity contribution >= 4 is 23.1 Å². The minimum Gasteiger partial charge on any atom is -0.350 e. The Morgan fingerprint density at radius 2 is 1.83 bits per heavy atom. The van der Waals surface area contributed by atoms with E-state index in [0.29, 0.717) is 11.3 Å². The molecular weight excluding hydrogens is 381 g/mol. The van der Waals surface area contributed by atoms with E-state index in [2.05, 4.69) is 10.3 Å². The number of anilines is 1. The molecule has 30 heavy (non-hydrogen) atoms. The highest BCUT2D eigenvalue weighted by Crippen LogP contribution is 2.33. The third kappa shape index (κ3) is 3.72. The largest absolute Gasteiger partial charge is 0.350 e. The van der Waals surface area contributed by atoms with Crippen LogP contribution < -0.4 is 5.32 Å². The first-order valence-electron chi connectivity index (χ1n) is 9.53. The van der Waals surface area contributed by atoms with Crippen molar-refractivity contribution in [3.05, 3.63) is 101 Å². The van der Waals surface area contributed by atoms with Crippen LogP contribution in [0.3, 0.4) is 0 Å². The summed E-state index contributed by atoms with van der Waals surface area (Å²) in [5.41, 5.74) is 4.18. The molecule has 1 aromatic heterocycles. The molecule has 0 fully saturated rings. The number of carbonyl (C=O) groups excluding carboxylic acids is 2. The van der Waals surface area contributed by atoms with Crippen molar-refractivity contribution in [1.29, 1.82) is 0 Å². The Labute approximate surface area is 173 Å². The second-order valence-corrected chi connectivity index (χ2v) is 7.26. The molecule has 4 rings (SSSR count). The van der Waals surface area contributed by atoms with E-state index in [1.165, 1.54) is 17.0 Å². The number of hydrogen-bond donors (Lipinski definition) is 1. The van der Waals surface area contributed by atoms with Gasteiger partial charge in [-0.05, 0) is 54.8 Å². The third-order valence-electron chi connectivity index (χ3n) is 4.98. The van der Waals surface area contributed by atoms with Gasteiger partial charge in [-0.2, -0.15) is 0 Å². The summed E-state index contributed by atoms with van der Waals surface area (Å²) in [4.78, 5) is 31.8. The number of amides is 2. The van der Waals surface area contributed by atoms with E-state index in [1.807, 2.05) is 38.1 Å². The fraction of sp³-hybridized carbons (Fsp3) is 0.125. The first-order valence-corrected chi connectivity index (χ1v) is 9.53. The van der Waals surface area contributed by atoms with Crippen LogP contribution in [0.4, 0.5) is 10.1 Å². The molecule has 1 aliphatic rings. The fourth-order valence-corrected chi connectivity index (χ4v) is 3.56. The zero-order valence-corrected chi connectivity index (χ0v) is 16.6. The van der Waals surface area contributed by atoms with Crippen LogP contribution in [0, 0.1) is 19.7 Å². The predicted molar refractivity (Wildman–Crippen MR) is 113 cm³/mol. The number of hydrogen-bond acceptors (Lipinski definition) is 4. The highest BCUT2D eigenvalue weighted by molar-refractivity contribution is 6.36. The quantitative estimate of drug-likeness (QED) is 0.650. The second kappa shape index (κ2) is 7.91. The van der Waals surface area contributed by atoms with Crippen LogP contribution in [-0.4, -0.2) is 21.7 Å². The Balaban J connectivity index is 1.79. The first kappa shape index (κ1) is 19.5. The monoisotopic (exact) mass is 401 g/mol. The SMILES string of the molecule is Cc1ccc(C2=C(Nc3cccc(F)c3)C(=O)N(Cc3cccnc3)C2=O)c(C)c1. The molecule has 0 atom stereocenters. The van der Waals surface area contributed by atoms with Crippen molar-refractivity contribution in [3.63, 3.8) is 0 Å². The van der Waals surface area contributed by atoms with Crippen LogP contribution in [0.1, 0.15) is 22.3 Å². The molecule has 6 heteroatoms. The van der Waals surface area contributed by atoms with Gasteiger partial charge in [0.25, 0.3) is 11.8 Å². The van der Waals surface area contributed by atoms with Gasteiger partial charge in [0.15, 0.2) is 0 Å². The molecular formula is C24H20FN3O2. The average Bonchev–Trinajstić information content (AvgIpc) is 2.93. The van der Waals surface area contributed by atoms with Crippen LogP contribution in [0.2, 0.25) is 0 Å². The van der Waals surface area contributed by atoms with Crippen molar-refractivity contribution in [1.82, 2.24) is 9.88 Å². The molecule has 3 aromatic rings. The molecule has 0 unspecified atom stereocenters. The molecule has 150 valence electrons. The lowest BCUT2D eigenvalue weighted by molar-refractivity contribution is -0.137. The van der Waals surface area contributed by atoms with Gasteiger partial charge in [-0.1, -0.05) is 35.9 Å². The predicted octanol–water partition coefficient (Wildman–Crippen LogP) is 4.23. The smallest absolute Gasteiger partial charge is 0.278 e. The zero-order valence-electron chi connectivity index (χ0n) is 16.6. The number of rotatable bonds is 5. The van der Waals surface area contributed by atoms with E-state index in [4.69, 9.17) is 0 Å². The van der Waals surface area contributed by atoms with E-state index in [0.717, 1.165) is 16.7 Å². The summed E-state index contributed by atoms with van der Waals surface area (Å²) in [6.45, 7) is 3.97. The number of nitrogens with one attached hydrogen (secondary N) is 1. The van der Waals surface area contributed by atoms with Gasteiger partial charge in [0.2, 0.25) is 0 Å². The van der Waals surface area contributed by atoms with Crippen molar-refractivity contribution < 1.29 is 14.0 Å². The molecule has 2 aromatic carbocycles. The molecule has 0 saturated carbocycles. The van der Waals surface area contributed by atoms with Crippen molar-refractivity contribution in [2.45, 2.75) is 20.4 Å². The van der Waals surface area contributed by atoms with Gasteiger partial charge < -0.3 is 5.32 Å². The molecule has 0 radical (unpaired) electrons. The van der Waals surface area contributed by atoms with Crippen molar-refractivity contribution in [2.24, 2.45) is 0 Å². The molecule has 1 N–H and O–H groups in total. The van der Waals surface area contributed by atoms with Gasteiger partial charge >= 0.3 is 0 Å². The number of carbonyl (C=O) groups is 2. The number of pyridine rings is 1. The van der Waals surface area contributed by atoms with E-state index >= 15 is 0 Å². The lowest BCUT2D eigenvalue weighted by Gasteiger charge is -2.15. The summed E-state index contributed by atoms with van der Waals surface area (Å²) >= 11 is 0. The molecule has 5 nitrogen and oxygen atoms in total.